The van der Waals surface area contributed by atoms with E-state index in [9.17, 15) is 4.39 Å². The van der Waals surface area contributed by atoms with Gasteiger partial charge in [-0.25, -0.2) is 4.39 Å². The summed E-state index contributed by atoms with van der Waals surface area (Å²) in [5, 5.41) is 1.11. The first-order valence-corrected chi connectivity index (χ1v) is 5.08. The maximum absolute atomic E-state index is 13.1. The lowest BCUT2D eigenvalue weighted by Gasteiger charge is -1.99. The van der Waals surface area contributed by atoms with E-state index in [1.54, 1.807) is 6.07 Å². The van der Waals surface area contributed by atoms with Crippen molar-refractivity contribution >= 4 is 10.9 Å². The average Bonchev–Trinajstić information content (AvgIpc) is 2.44. The van der Waals surface area contributed by atoms with Gasteiger partial charge < -0.3 is 10.3 Å². The zero-order valence-electron chi connectivity index (χ0n) is 9.05. The van der Waals surface area contributed by atoms with Crippen LogP contribution in [0.2, 0.25) is 0 Å². The van der Waals surface area contributed by atoms with E-state index < -0.39 is 0 Å². The van der Waals surface area contributed by atoms with Crippen LogP contribution in [-0.4, -0.2) is 11.1 Å². The molecular weight excluding hydrogens is 191 g/mol. The van der Waals surface area contributed by atoms with Crippen molar-refractivity contribution in [1.82, 2.24) is 4.57 Å². The largest absolute Gasteiger partial charge is 0.348 e. The first kappa shape index (κ1) is 10.2. The fourth-order valence-corrected chi connectivity index (χ4v) is 2.08. The van der Waals surface area contributed by atoms with Crippen molar-refractivity contribution in [2.45, 2.75) is 13.3 Å². The van der Waals surface area contributed by atoms with Crippen LogP contribution in [0.25, 0.3) is 10.9 Å². The summed E-state index contributed by atoms with van der Waals surface area (Å²) in [7, 11) is 1.96. The summed E-state index contributed by atoms with van der Waals surface area (Å²) in [6, 6.07) is 4.91. The summed E-state index contributed by atoms with van der Waals surface area (Å²) in [6.07, 6.45) is 0.842. The zero-order valence-corrected chi connectivity index (χ0v) is 9.05. The van der Waals surface area contributed by atoms with Gasteiger partial charge in [0.1, 0.15) is 5.82 Å². The highest BCUT2D eigenvalue weighted by Gasteiger charge is 2.11. The van der Waals surface area contributed by atoms with Crippen LogP contribution < -0.4 is 5.73 Å². The third-order valence-corrected chi connectivity index (χ3v) is 2.98. The number of hydrogen-bond donors (Lipinski definition) is 1. The third-order valence-electron chi connectivity index (χ3n) is 2.98. The van der Waals surface area contributed by atoms with Gasteiger partial charge in [0, 0.05) is 18.1 Å². The number of fused-ring (bicyclic) bond motifs is 1. The van der Waals surface area contributed by atoms with E-state index in [1.165, 1.54) is 17.3 Å². The van der Waals surface area contributed by atoms with Gasteiger partial charge in [0.25, 0.3) is 0 Å². The van der Waals surface area contributed by atoms with E-state index in [0.29, 0.717) is 6.54 Å². The molecule has 3 heteroatoms. The van der Waals surface area contributed by atoms with Crippen LogP contribution in [0.4, 0.5) is 4.39 Å². The number of halogens is 1. The average molecular weight is 206 g/mol. The SMILES string of the molecule is Cc1c(CCN)c2ccc(F)cc2n1C. The molecular formula is C12H15FN2. The number of benzene rings is 1. The predicted octanol–water partition coefficient (Wildman–Crippen LogP) is 2.13. The zero-order chi connectivity index (χ0) is 11.0. The lowest BCUT2D eigenvalue weighted by molar-refractivity contribution is 0.629. The van der Waals surface area contributed by atoms with Crippen molar-refractivity contribution in [3.63, 3.8) is 0 Å². The standard InChI is InChI=1S/C12H15FN2/c1-8-10(5-6-14)11-4-3-9(13)7-12(11)15(8)2/h3-4,7H,5-6,14H2,1-2H3. The summed E-state index contributed by atoms with van der Waals surface area (Å²) >= 11 is 0. The molecule has 0 saturated carbocycles. The van der Waals surface area contributed by atoms with Gasteiger partial charge >= 0.3 is 0 Å². The van der Waals surface area contributed by atoms with Gasteiger partial charge in [-0.3, -0.25) is 0 Å². The van der Waals surface area contributed by atoms with Crippen LogP contribution in [0.3, 0.4) is 0 Å². The lowest BCUT2D eigenvalue weighted by atomic mass is 10.1. The topological polar surface area (TPSA) is 30.9 Å². The Kier molecular flexibility index (Phi) is 2.49. The van der Waals surface area contributed by atoms with Gasteiger partial charge in [0.05, 0.1) is 5.52 Å². The summed E-state index contributed by atoms with van der Waals surface area (Å²) in [5.74, 6) is -0.192. The maximum Gasteiger partial charge on any atom is 0.125 e. The molecule has 80 valence electrons. The Morgan fingerprint density at radius 2 is 2.13 bits per heavy atom. The van der Waals surface area contributed by atoms with Gasteiger partial charge in [0.15, 0.2) is 0 Å². The third kappa shape index (κ3) is 1.53. The molecule has 1 heterocycles. The Balaban J connectivity index is 2.75. The van der Waals surface area contributed by atoms with Crippen LogP contribution in [0, 0.1) is 12.7 Å². The molecule has 0 bridgehead atoms. The molecule has 0 unspecified atom stereocenters. The van der Waals surface area contributed by atoms with E-state index in [1.807, 2.05) is 24.6 Å². The monoisotopic (exact) mass is 206 g/mol. The van der Waals surface area contributed by atoms with E-state index in [4.69, 9.17) is 5.73 Å². The minimum atomic E-state index is -0.192. The van der Waals surface area contributed by atoms with Crippen LogP contribution in [-0.2, 0) is 13.5 Å². The smallest absolute Gasteiger partial charge is 0.125 e. The summed E-state index contributed by atoms with van der Waals surface area (Å²) in [5.41, 5.74) is 8.92. The Morgan fingerprint density at radius 3 is 2.80 bits per heavy atom. The highest BCUT2D eigenvalue weighted by Crippen LogP contribution is 2.25. The van der Waals surface area contributed by atoms with Crippen molar-refractivity contribution in [3.8, 4) is 0 Å². The van der Waals surface area contributed by atoms with Crippen LogP contribution in [0.5, 0.6) is 0 Å². The Bertz CT molecular complexity index is 500. The second kappa shape index (κ2) is 3.66. The molecule has 1 aromatic heterocycles. The number of nitrogens with two attached hydrogens (primary N) is 1. The second-order valence-corrected chi connectivity index (χ2v) is 3.82. The van der Waals surface area contributed by atoms with Crippen LogP contribution in [0.15, 0.2) is 18.2 Å². The molecule has 0 aliphatic rings. The number of rotatable bonds is 2. The molecule has 0 aliphatic carbocycles. The van der Waals surface area contributed by atoms with E-state index in [2.05, 4.69) is 0 Å². The molecule has 2 rings (SSSR count). The van der Waals surface area contributed by atoms with Gasteiger partial charge in [-0.05, 0) is 43.7 Å². The highest BCUT2D eigenvalue weighted by molar-refractivity contribution is 5.85. The number of aromatic nitrogens is 1. The molecule has 2 nitrogen and oxygen atoms in total. The normalized spacial score (nSPS) is 11.2. The number of nitrogens with zero attached hydrogens (tertiary/aromatic N) is 1. The van der Waals surface area contributed by atoms with Gasteiger partial charge in [-0.1, -0.05) is 0 Å². The van der Waals surface area contributed by atoms with Gasteiger partial charge in [-0.2, -0.15) is 0 Å². The molecule has 0 spiro atoms. The van der Waals surface area contributed by atoms with E-state index in [-0.39, 0.29) is 5.82 Å². The van der Waals surface area contributed by atoms with Gasteiger partial charge in [0.2, 0.25) is 0 Å². The summed E-state index contributed by atoms with van der Waals surface area (Å²) < 4.78 is 15.1. The summed E-state index contributed by atoms with van der Waals surface area (Å²) in [4.78, 5) is 0. The van der Waals surface area contributed by atoms with E-state index in [0.717, 1.165) is 17.3 Å². The fourth-order valence-electron chi connectivity index (χ4n) is 2.08. The maximum atomic E-state index is 13.1. The second-order valence-electron chi connectivity index (χ2n) is 3.82. The Labute approximate surface area is 88.5 Å². The van der Waals surface area contributed by atoms with E-state index >= 15 is 0 Å². The molecule has 0 amide bonds. The van der Waals surface area contributed by atoms with Crippen molar-refractivity contribution in [3.05, 3.63) is 35.3 Å². The minimum Gasteiger partial charge on any atom is -0.348 e. The van der Waals surface area contributed by atoms with Crippen molar-refractivity contribution in [2.75, 3.05) is 6.54 Å². The molecule has 1 aromatic carbocycles. The minimum absolute atomic E-state index is 0.192. The molecule has 0 saturated heterocycles. The first-order chi connectivity index (χ1) is 7.15. The summed E-state index contributed by atoms with van der Waals surface area (Å²) in [6.45, 7) is 2.67. The molecule has 2 N–H and O–H groups in total. The number of aryl methyl sites for hydroxylation is 1. The predicted molar refractivity (Wildman–Crippen MR) is 60.4 cm³/mol. The molecule has 0 atom stereocenters. The van der Waals surface area contributed by atoms with Crippen molar-refractivity contribution in [2.24, 2.45) is 12.8 Å². The molecule has 0 fully saturated rings. The molecule has 0 aliphatic heterocycles. The Hall–Kier alpha value is -1.35. The van der Waals surface area contributed by atoms with Crippen LogP contribution >= 0.6 is 0 Å². The van der Waals surface area contributed by atoms with Crippen molar-refractivity contribution in [1.29, 1.82) is 0 Å². The first-order valence-electron chi connectivity index (χ1n) is 5.08. The van der Waals surface area contributed by atoms with Gasteiger partial charge in [-0.15, -0.1) is 0 Å². The van der Waals surface area contributed by atoms with Crippen molar-refractivity contribution < 1.29 is 4.39 Å². The lowest BCUT2D eigenvalue weighted by Crippen LogP contribution is -2.03. The number of hydrogen-bond acceptors (Lipinski definition) is 1. The Morgan fingerprint density at radius 1 is 1.40 bits per heavy atom. The van der Waals surface area contributed by atoms with Crippen LogP contribution in [0.1, 0.15) is 11.3 Å². The highest BCUT2D eigenvalue weighted by atomic mass is 19.1. The molecule has 2 aromatic rings. The quantitative estimate of drug-likeness (QED) is 0.801. The fraction of sp³-hybridized carbons (Fsp3) is 0.333. The molecule has 15 heavy (non-hydrogen) atoms. The molecule has 0 radical (unpaired) electrons.